The van der Waals surface area contributed by atoms with Gasteiger partial charge in [0.05, 0.1) is 19.1 Å². The van der Waals surface area contributed by atoms with Crippen molar-refractivity contribution in [1.29, 1.82) is 0 Å². The number of para-hydroxylation sites is 1. The van der Waals surface area contributed by atoms with Gasteiger partial charge in [-0.15, -0.1) is 11.3 Å². The quantitative estimate of drug-likeness (QED) is 0.575. The molecule has 3 rings (SSSR count). The van der Waals surface area contributed by atoms with Crippen molar-refractivity contribution in [3.63, 3.8) is 0 Å². The third kappa shape index (κ3) is 5.78. The zero-order chi connectivity index (χ0) is 21.5. The molecular formula is C24H27N3O2S. The number of nitrogens with one attached hydrogen (secondary N) is 2. The van der Waals surface area contributed by atoms with Crippen LogP contribution in [0, 0.1) is 13.8 Å². The molecule has 6 heteroatoms. The summed E-state index contributed by atoms with van der Waals surface area (Å²) in [6.07, 6.45) is 0. The summed E-state index contributed by atoms with van der Waals surface area (Å²) < 4.78 is 0. The monoisotopic (exact) mass is 421 g/mol. The molecule has 1 aromatic heterocycles. The van der Waals surface area contributed by atoms with Crippen molar-refractivity contribution in [3.05, 3.63) is 87.6 Å². The Bertz CT molecular complexity index is 967. The number of hydrogen-bond donors (Lipinski definition) is 2. The van der Waals surface area contributed by atoms with Gasteiger partial charge in [-0.2, -0.15) is 0 Å². The number of carbonyl (C=O) groups is 2. The molecule has 0 spiro atoms. The number of likely N-dealkylation sites (N-methyl/N-ethyl adjacent to an activating group) is 1. The molecule has 156 valence electrons. The SMILES string of the molecule is Cc1cccc(C)c1NC(=O)CN(C)CC(=O)N[C@@H](c1ccccc1)c1cccs1. The van der Waals surface area contributed by atoms with Gasteiger partial charge in [-0.05, 0) is 49.0 Å². The van der Waals surface area contributed by atoms with E-state index in [2.05, 4.69) is 10.6 Å². The van der Waals surface area contributed by atoms with E-state index in [-0.39, 0.29) is 30.9 Å². The molecule has 2 aromatic carbocycles. The Hall–Kier alpha value is -2.96. The van der Waals surface area contributed by atoms with E-state index in [1.807, 2.05) is 79.9 Å². The number of aryl methyl sites for hydroxylation is 2. The number of thiophene rings is 1. The van der Waals surface area contributed by atoms with Gasteiger partial charge in [0.25, 0.3) is 0 Å². The van der Waals surface area contributed by atoms with Crippen LogP contribution in [-0.4, -0.2) is 36.9 Å². The van der Waals surface area contributed by atoms with Crippen LogP contribution in [0.25, 0.3) is 0 Å². The number of benzene rings is 2. The van der Waals surface area contributed by atoms with Gasteiger partial charge in [0, 0.05) is 10.6 Å². The molecule has 0 saturated carbocycles. The molecule has 2 N–H and O–H groups in total. The van der Waals surface area contributed by atoms with Gasteiger partial charge in [-0.3, -0.25) is 14.5 Å². The molecule has 0 bridgehead atoms. The minimum Gasteiger partial charge on any atom is -0.343 e. The number of nitrogens with zero attached hydrogens (tertiary/aromatic N) is 1. The first-order valence-electron chi connectivity index (χ1n) is 9.86. The van der Waals surface area contributed by atoms with E-state index >= 15 is 0 Å². The summed E-state index contributed by atoms with van der Waals surface area (Å²) in [7, 11) is 1.77. The molecule has 0 aliphatic heterocycles. The van der Waals surface area contributed by atoms with Gasteiger partial charge in [0.1, 0.15) is 0 Å². The lowest BCUT2D eigenvalue weighted by atomic mass is 10.1. The van der Waals surface area contributed by atoms with Crippen LogP contribution in [0.5, 0.6) is 0 Å². The van der Waals surface area contributed by atoms with Crippen LogP contribution >= 0.6 is 11.3 Å². The van der Waals surface area contributed by atoms with E-state index in [0.717, 1.165) is 27.3 Å². The standard InChI is InChI=1S/C24H27N3O2S/c1-17-9-7-10-18(2)23(17)25-21(28)15-27(3)16-22(29)26-24(20-13-8-14-30-20)19-11-5-4-6-12-19/h4-14,24H,15-16H2,1-3H3,(H,25,28)(H,26,29)/t24-/m0/s1. The van der Waals surface area contributed by atoms with Gasteiger partial charge < -0.3 is 10.6 Å². The van der Waals surface area contributed by atoms with Gasteiger partial charge in [-0.25, -0.2) is 0 Å². The molecule has 0 aliphatic rings. The number of rotatable bonds is 8. The first-order chi connectivity index (χ1) is 14.4. The van der Waals surface area contributed by atoms with Crippen LogP contribution < -0.4 is 10.6 Å². The van der Waals surface area contributed by atoms with Crippen LogP contribution in [0.2, 0.25) is 0 Å². The van der Waals surface area contributed by atoms with E-state index < -0.39 is 0 Å². The molecular weight excluding hydrogens is 394 g/mol. The maximum atomic E-state index is 12.7. The van der Waals surface area contributed by atoms with Crippen molar-refractivity contribution in [2.45, 2.75) is 19.9 Å². The fourth-order valence-corrected chi connectivity index (χ4v) is 4.17. The minimum absolute atomic E-state index is 0.125. The van der Waals surface area contributed by atoms with Crippen molar-refractivity contribution >= 4 is 28.8 Å². The highest BCUT2D eigenvalue weighted by Gasteiger charge is 2.19. The molecule has 1 heterocycles. The van der Waals surface area contributed by atoms with Crippen LogP contribution in [0.15, 0.2) is 66.0 Å². The lowest BCUT2D eigenvalue weighted by molar-refractivity contribution is -0.123. The molecule has 3 aromatic rings. The van der Waals surface area contributed by atoms with Crippen LogP contribution in [0.4, 0.5) is 5.69 Å². The maximum absolute atomic E-state index is 12.7. The van der Waals surface area contributed by atoms with Crippen molar-refractivity contribution in [2.24, 2.45) is 0 Å². The molecule has 5 nitrogen and oxygen atoms in total. The summed E-state index contributed by atoms with van der Waals surface area (Å²) in [5, 5.41) is 8.07. The highest BCUT2D eigenvalue weighted by molar-refractivity contribution is 7.10. The molecule has 0 aliphatic carbocycles. The van der Waals surface area contributed by atoms with Crippen molar-refractivity contribution in [1.82, 2.24) is 10.2 Å². The third-order valence-corrected chi connectivity index (χ3v) is 5.78. The van der Waals surface area contributed by atoms with E-state index in [1.165, 1.54) is 0 Å². The largest absolute Gasteiger partial charge is 0.343 e. The summed E-state index contributed by atoms with van der Waals surface area (Å²) in [6.45, 7) is 4.20. The second-order valence-electron chi connectivity index (χ2n) is 7.41. The first kappa shape index (κ1) is 21.7. The van der Waals surface area contributed by atoms with Crippen LogP contribution in [0.1, 0.15) is 27.6 Å². The topological polar surface area (TPSA) is 61.4 Å². The van der Waals surface area contributed by atoms with E-state index in [1.54, 1.807) is 23.3 Å². The summed E-state index contributed by atoms with van der Waals surface area (Å²) in [4.78, 5) is 27.9. The Morgan fingerprint density at radius 3 is 2.20 bits per heavy atom. The predicted octanol–water partition coefficient (Wildman–Crippen LogP) is 4.14. The second-order valence-corrected chi connectivity index (χ2v) is 8.39. The Balaban J connectivity index is 1.58. The highest BCUT2D eigenvalue weighted by atomic mass is 32.1. The Kier molecular flexibility index (Phi) is 7.38. The summed E-state index contributed by atoms with van der Waals surface area (Å²) >= 11 is 1.61. The zero-order valence-corrected chi connectivity index (χ0v) is 18.3. The third-order valence-electron chi connectivity index (χ3n) is 4.84. The maximum Gasteiger partial charge on any atom is 0.238 e. The van der Waals surface area contributed by atoms with Gasteiger partial charge >= 0.3 is 0 Å². The zero-order valence-electron chi connectivity index (χ0n) is 17.5. The summed E-state index contributed by atoms with van der Waals surface area (Å²) in [6, 6.07) is 19.6. The average molecular weight is 422 g/mol. The van der Waals surface area contributed by atoms with Crippen molar-refractivity contribution < 1.29 is 9.59 Å². The highest BCUT2D eigenvalue weighted by Crippen LogP contribution is 2.25. The molecule has 2 amide bonds. The average Bonchev–Trinajstić information content (AvgIpc) is 3.24. The van der Waals surface area contributed by atoms with Gasteiger partial charge in [0.15, 0.2) is 0 Å². The summed E-state index contributed by atoms with van der Waals surface area (Å²) in [5.74, 6) is -0.264. The fourth-order valence-electron chi connectivity index (χ4n) is 3.36. The molecule has 1 atom stereocenters. The number of anilines is 1. The molecule has 0 saturated heterocycles. The summed E-state index contributed by atoms with van der Waals surface area (Å²) in [5.41, 5.74) is 3.90. The van der Waals surface area contributed by atoms with E-state index in [4.69, 9.17) is 0 Å². The fraction of sp³-hybridized carbons (Fsp3) is 0.250. The minimum atomic E-state index is -0.199. The van der Waals surface area contributed by atoms with Crippen LogP contribution in [0.3, 0.4) is 0 Å². The van der Waals surface area contributed by atoms with Crippen LogP contribution in [-0.2, 0) is 9.59 Å². The van der Waals surface area contributed by atoms with E-state index in [9.17, 15) is 9.59 Å². The molecule has 0 fully saturated rings. The lowest BCUT2D eigenvalue weighted by Gasteiger charge is -2.21. The first-order valence-corrected chi connectivity index (χ1v) is 10.7. The number of amides is 2. The van der Waals surface area contributed by atoms with Crippen molar-refractivity contribution in [3.8, 4) is 0 Å². The van der Waals surface area contributed by atoms with Crippen molar-refractivity contribution in [2.75, 3.05) is 25.5 Å². The second kappa shape index (κ2) is 10.2. The molecule has 0 radical (unpaired) electrons. The normalized spacial score (nSPS) is 11.9. The van der Waals surface area contributed by atoms with Gasteiger partial charge in [0.2, 0.25) is 11.8 Å². The molecule has 30 heavy (non-hydrogen) atoms. The van der Waals surface area contributed by atoms with E-state index in [0.29, 0.717) is 0 Å². The Morgan fingerprint density at radius 1 is 0.900 bits per heavy atom. The Morgan fingerprint density at radius 2 is 1.57 bits per heavy atom. The predicted molar refractivity (Wildman–Crippen MR) is 123 cm³/mol. The Labute approximate surface area is 181 Å². The lowest BCUT2D eigenvalue weighted by Crippen LogP contribution is -2.40. The number of hydrogen-bond acceptors (Lipinski definition) is 4. The smallest absolute Gasteiger partial charge is 0.238 e. The molecule has 0 unspecified atom stereocenters. The number of carbonyl (C=O) groups excluding carboxylic acids is 2. The van der Waals surface area contributed by atoms with Gasteiger partial charge in [-0.1, -0.05) is 54.6 Å².